The summed E-state index contributed by atoms with van der Waals surface area (Å²) in [5, 5.41) is 7.86. The van der Waals surface area contributed by atoms with Crippen LogP contribution in [-0.2, 0) is 19.7 Å². The van der Waals surface area contributed by atoms with Gasteiger partial charge in [-0.15, -0.1) is 5.10 Å². The molecule has 1 heterocycles. The SMILES string of the molecule is O=C(NCc1ccc(Cl)cc1)c1cn(Cc2ccc(F)cc2)nc1OCc1ccc(F)cc1. The summed E-state index contributed by atoms with van der Waals surface area (Å²) in [6, 6.07) is 19.1. The van der Waals surface area contributed by atoms with Crippen molar-refractivity contribution in [3.05, 3.63) is 118 Å². The third kappa shape index (κ3) is 6.17. The number of hydrogen-bond donors (Lipinski definition) is 1. The van der Waals surface area contributed by atoms with Crippen molar-refractivity contribution < 1.29 is 18.3 Å². The predicted molar refractivity (Wildman–Crippen MR) is 121 cm³/mol. The summed E-state index contributed by atoms with van der Waals surface area (Å²) in [6.07, 6.45) is 1.58. The number of halogens is 3. The van der Waals surface area contributed by atoms with Crippen LogP contribution in [-0.4, -0.2) is 15.7 Å². The Bertz CT molecular complexity index is 1220. The van der Waals surface area contributed by atoms with Gasteiger partial charge in [0, 0.05) is 17.8 Å². The van der Waals surface area contributed by atoms with Crippen LogP contribution in [0.2, 0.25) is 5.02 Å². The summed E-state index contributed by atoms with van der Waals surface area (Å²) in [7, 11) is 0. The number of aromatic nitrogens is 2. The molecule has 0 aliphatic rings. The van der Waals surface area contributed by atoms with Crippen molar-refractivity contribution in [2.75, 3.05) is 0 Å². The van der Waals surface area contributed by atoms with Crippen LogP contribution < -0.4 is 10.1 Å². The van der Waals surface area contributed by atoms with E-state index in [0.29, 0.717) is 18.1 Å². The van der Waals surface area contributed by atoms with Crippen molar-refractivity contribution >= 4 is 17.5 Å². The number of carbonyl (C=O) groups is 1. The van der Waals surface area contributed by atoms with Crippen LogP contribution in [0.25, 0.3) is 0 Å². The first-order valence-electron chi connectivity index (χ1n) is 10.2. The molecule has 8 heteroatoms. The summed E-state index contributed by atoms with van der Waals surface area (Å²) < 4.78 is 33.7. The molecule has 0 atom stereocenters. The van der Waals surface area contributed by atoms with Gasteiger partial charge < -0.3 is 10.1 Å². The molecule has 0 saturated heterocycles. The molecule has 1 amide bonds. The first-order valence-corrected chi connectivity index (χ1v) is 10.6. The van der Waals surface area contributed by atoms with E-state index in [4.69, 9.17) is 16.3 Å². The first kappa shape index (κ1) is 22.5. The van der Waals surface area contributed by atoms with E-state index < -0.39 is 0 Å². The van der Waals surface area contributed by atoms with Gasteiger partial charge in [-0.2, -0.15) is 0 Å². The van der Waals surface area contributed by atoms with Crippen molar-refractivity contribution in [1.82, 2.24) is 15.1 Å². The fourth-order valence-electron chi connectivity index (χ4n) is 3.14. The maximum absolute atomic E-state index is 13.2. The van der Waals surface area contributed by atoms with E-state index in [1.807, 2.05) is 12.1 Å². The van der Waals surface area contributed by atoms with Crippen molar-refractivity contribution in [3.63, 3.8) is 0 Å². The van der Waals surface area contributed by atoms with Crippen LogP contribution in [0.15, 0.2) is 79.0 Å². The van der Waals surface area contributed by atoms with Gasteiger partial charge in [-0.3, -0.25) is 9.48 Å². The lowest BCUT2D eigenvalue weighted by Crippen LogP contribution is -2.23. The van der Waals surface area contributed by atoms with E-state index >= 15 is 0 Å². The van der Waals surface area contributed by atoms with E-state index in [-0.39, 0.29) is 35.6 Å². The first-order chi connectivity index (χ1) is 16.0. The zero-order chi connectivity index (χ0) is 23.2. The number of nitrogens with one attached hydrogen (secondary N) is 1. The quantitative estimate of drug-likeness (QED) is 0.379. The molecule has 0 aliphatic heterocycles. The Kier molecular flexibility index (Phi) is 7.00. The Morgan fingerprint density at radius 1 is 0.879 bits per heavy atom. The summed E-state index contributed by atoms with van der Waals surface area (Å²) in [4.78, 5) is 12.9. The molecule has 0 radical (unpaired) electrons. The zero-order valence-corrected chi connectivity index (χ0v) is 18.2. The molecule has 0 spiro atoms. The summed E-state index contributed by atoms with van der Waals surface area (Å²) in [5.74, 6) is -0.881. The molecule has 0 bridgehead atoms. The molecule has 168 valence electrons. The molecule has 33 heavy (non-hydrogen) atoms. The van der Waals surface area contributed by atoms with E-state index in [1.54, 1.807) is 47.3 Å². The predicted octanol–water partition coefficient (Wildman–Crippen LogP) is 5.37. The smallest absolute Gasteiger partial charge is 0.258 e. The van der Waals surface area contributed by atoms with Gasteiger partial charge in [-0.05, 0) is 53.1 Å². The van der Waals surface area contributed by atoms with Crippen molar-refractivity contribution in [2.24, 2.45) is 0 Å². The van der Waals surface area contributed by atoms with Crippen molar-refractivity contribution in [2.45, 2.75) is 19.7 Å². The minimum absolute atomic E-state index is 0.116. The van der Waals surface area contributed by atoms with Crippen molar-refractivity contribution in [1.29, 1.82) is 0 Å². The van der Waals surface area contributed by atoms with Crippen LogP contribution in [0.3, 0.4) is 0 Å². The third-order valence-corrected chi connectivity index (χ3v) is 5.14. The fourth-order valence-corrected chi connectivity index (χ4v) is 3.26. The molecular weight excluding hydrogens is 448 g/mol. The van der Waals surface area contributed by atoms with Gasteiger partial charge in [-0.25, -0.2) is 8.78 Å². The topological polar surface area (TPSA) is 56.2 Å². The Hall–Kier alpha value is -3.71. The molecule has 0 fully saturated rings. The maximum atomic E-state index is 13.2. The van der Waals surface area contributed by atoms with Crippen LogP contribution in [0.1, 0.15) is 27.0 Å². The third-order valence-electron chi connectivity index (χ3n) is 4.89. The van der Waals surface area contributed by atoms with Gasteiger partial charge >= 0.3 is 0 Å². The second kappa shape index (κ2) is 10.3. The number of carbonyl (C=O) groups excluding carboxylic acids is 1. The van der Waals surface area contributed by atoms with Crippen LogP contribution in [0.4, 0.5) is 8.78 Å². The average molecular weight is 468 g/mol. The van der Waals surface area contributed by atoms with Crippen molar-refractivity contribution in [3.8, 4) is 5.88 Å². The van der Waals surface area contributed by atoms with E-state index in [1.165, 1.54) is 24.3 Å². The number of ether oxygens (including phenoxy) is 1. The average Bonchev–Trinajstić information content (AvgIpc) is 3.22. The highest BCUT2D eigenvalue weighted by molar-refractivity contribution is 6.30. The molecule has 4 aromatic rings. The van der Waals surface area contributed by atoms with Gasteiger partial charge in [0.2, 0.25) is 5.88 Å². The maximum Gasteiger partial charge on any atom is 0.258 e. The van der Waals surface area contributed by atoms with Gasteiger partial charge in [0.05, 0.1) is 6.54 Å². The van der Waals surface area contributed by atoms with Gasteiger partial charge in [0.15, 0.2) is 0 Å². The Morgan fingerprint density at radius 2 is 1.45 bits per heavy atom. The summed E-state index contributed by atoms with van der Waals surface area (Å²) in [5.41, 5.74) is 2.70. The molecular formula is C25H20ClF2N3O2. The highest BCUT2D eigenvalue weighted by Crippen LogP contribution is 2.19. The van der Waals surface area contributed by atoms with Gasteiger partial charge in [0.1, 0.15) is 23.8 Å². The molecule has 0 aliphatic carbocycles. The number of benzene rings is 3. The standard InChI is InChI=1S/C25H20ClF2N3O2/c26-20-7-1-17(2-8-20)13-29-24(32)23-15-31(14-18-3-9-21(27)10-4-18)30-25(23)33-16-19-5-11-22(28)12-6-19/h1-12,15H,13-14,16H2,(H,29,32). The minimum Gasteiger partial charge on any atom is -0.471 e. The molecule has 1 N–H and O–H groups in total. The highest BCUT2D eigenvalue weighted by Gasteiger charge is 2.18. The molecule has 0 saturated carbocycles. The summed E-state index contributed by atoms with van der Waals surface area (Å²) in [6.45, 7) is 0.750. The second-order valence-electron chi connectivity index (χ2n) is 7.40. The molecule has 3 aromatic carbocycles. The van der Waals surface area contributed by atoms with Gasteiger partial charge in [-0.1, -0.05) is 48.0 Å². The van der Waals surface area contributed by atoms with E-state index in [9.17, 15) is 13.6 Å². The lowest BCUT2D eigenvalue weighted by molar-refractivity contribution is 0.0946. The second-order valence-corrected chi connectivity index (χ2v) is 7.83. The van der Waals surface area contributed by atoms with Crippen LogP contribution in [0.5, 0.6) is 5.88 Å². The molecule has 5 nitrogen and oxygen atoms in total. The molecule has 1 aromatic heterocycles. The monoisotopic (exact) mass is 467 g/mol. The van der Waals surface area contributed by atoms with Crippen LogP contribution in [0, 0.1) is 11.6 Å². The van der Waals surface area contributed by atoms with E-state index in [0.717, 1.165) is 16.7 Å². The largest absolute Gasteiger partial charge is 0.471 e. The number of rotatable bonds is 8. The highest BCUT2D eigenvalue weighted by atomic mass is 35.5. The number of nitrogens with zero attached hydrogens (tertiary/aromatic N) is 2. The number of hydrogen-bond acceptors (Lipinski definition) is 3. The molecule has 4 rings (SSSR count). The number of amides is 1. The van der Waals surface area contributed by atoms with Crippen LogP contribution >= 0.6 is 11.6 Å². The van der Waals surface area contributed by atoms with E-state index in [2.05, 4.69) is 10.4 Å². The normalized spacial score (nSPS) is 10.8. The Morgan fingerprint density at radius 3 is 2.09 bits per heavy atom. The lowest BCUT2D eigenvalue weighted by Gasteiger charge is -2.07. The Labute approximate surface area is 194 Å². The molecule has 0 unspecified atom stereocenters. The lowest BCUT2D eigenvalue weighted by atomic mass is 10.2. The zero-order valence-electron chi connectivity index (χ0n) is 17.5. The summed E-state index contributed by atoms with van der Waals surface area (Å²) >= 11 is 5.91. The Balaban J connectivity index is 1.51. The van der Waals surface area contributed by atoms with Gasteiger partial charge in [0.25, 0.3) is 5.91 Å². The minimum atomic E-state index is -0.357. The fraction of sp³-hybridized carbons (Fsp3) is 0.120.